The van der Waals surface area contributed by atoms with Crippen molar-refractivity contribution in [3.63, 3.8) is 0 Å². The molecule has 3 rings (SSSR count). The van der Waals surface area contributed by atoms with E-state index in [-0.39, 0.29) is 28.4 Å². The third-order valence-corrected chi connectivity index (χ3v) is 7.49. The number of piperazine rings is 1. The molecule has 1 aromatic rings. The number of amides is 2. The van der Waals surface area contributed by atoms with Gasteiger partial charge in [-0.15, -0.1) is 11.8 Å². The molecule has 2 aliphatic heterocycles. The Balaban J connectivity index is 1.61. The van der Waals surface area contributed by atoms with Crippen LogP contribution in [0, 0.1) is 5.92 Å². The zero-order valence-electron chi connectivity index (χ0n) is 16.9. The molecule has 28 heavy (non-hydrogen) atoms. The van der Waals surface area contributed by atoms with Gasteiger partial charge in [0.1, 0.15) is 5.37 Å². The van der Waals surface area contributed by atoms with Gasteiger partial charge in [-0.05, 0) is 12.5 Å². The van der Waals surface area contributed by atoms with Crippen molar-refractivity contribution in [2.45, 2.75) is 37.8 Å². The van der Waals surface area contributed by atoms with E-state index in [0.717, 1.165) is 49.7 Å². The minimum Gasteiger partial charge on any atom is -0.340 e. The first-order chi connectivity index (χ1) is 13.4. The summed E-state index contributed by atoms with van der Waals surface area (Å²) in [6.45, 7) is 10.7. The van der Waals surface area contributed by atoms with Gasteiger partial charge in [0, 0.05) is 55.8 Å². The van der Waals surface area contributed by atoms with Gasteiger partial charge in [0.2, 0.25) is 11.8 Å². The first-order valence-corrected chi connectivity index (χ1v) is 11.5. The fraction of sp³-hybridized carbons (Fsp3) is 0.619. The standard InChI is InChI=1S/C21H30ClN3O2S/c1-4-18-20(27)25(21(28-18)16-7-5-6-8-17(16)22)14-11-23-9-12-24(13-10-23)19(26)15(2)3/h5-8,15,18,21H,4,9-14H2,1-3H3. The molecule has 0 N–H and O–H groups in total. The number of carbonyl (C=O) groups is 2. The van der Waals surface area contributed by atoms with Gasteiger partial charge in [-0.2, -0.15) is 0 Å². The molecule has 0 bridgehead atoms. The highest BCUT2D eigenvalue weighted by Gasteiger charge is 2.40. The first-order valence-electron chi connectivity index (χ1n) is 10.1. The van der Waals surface area contributed by atoms with Gasteiger partial charge < -0.3 is 9.80 Å². The van der Waals surface area contributed by atoms with E-state index in [2.05, 4.69) is 11.8 Å². The molecule has 2 amide bonds. The highest BCUT2D eigenvalue weighted by atomic mass is 35.5. The highest BCUT2D eigenvalue weighted by molar-refractivity contribution is 8.01. The van der Waals surface area contributed by atoms with Crippen LogP contribution in [0.15, 0.2) is 24.3 Å². The van der Waals surface area contributed by atoms with Crippen LogP contribution in [0.4, 0.5) is 0 Å². The molecule has 0 radical (unpaired) electrons. The molecular weight excluding hydrogens is 394 g/mol. The number of thioether (sulfide) groups is 1. The van der Waals surface area contributed by atoms with E-state index in [0.29, 0.717) is 6.54 Å². The maximum Gasteiger partial charge on any atom is 0.236 e. The molecule has 0 spiro atoms. The molecule has 0 aliphatic carbocycles. The van der Waals surface area contributed by atoms with Gasteiger partial charge in [0.15, 0.2) is 0 Å². The van der Waals surface area contributed by atoms with Crippen LogP contribution in [0.5, 0.6) is 0 Å². The van der Waals surface area contributed by atoms with Gasteiger partial charge in [-0.25, -0.2) is 0 Å². The Morgan fingerprint density at radius 2 is 1.86 bits per heavy atom. The molecule has 0 saturated carbocycles. The fourth-order valence-electron chi connectivity index (χ4n) is 3.81. The second-order valence-corrected chi connectivity index (χ2v) is 9.46. The van der Waals surface area contributed by atoms with E-state index >= 15 is 0 Å². The molecule has 2 fully saturated rings. The smallest absolute Gasteiger partial charge is 0.236 e. The van der Waals surface area contributed by atoms with Crippen molar-refractivity contribution in [2.75, 3.05) is 39.3 Å². The van der Waals surface area contributed by atoms with E-state index in [4.69, 9.17) is 11.6 Å². The summed E-state index contributed by atoms with van der Waals surface area (Å²) < 4.78 is 0. The quantitative estimate of drug-likeness (QED) is 0.702. The Morgan fingerprint density at radius 3 is 2.46 bits per heavy atom. The summed E-state index contributed by atoms with van der Waals surface area (Å²) in [5.41, 5.74) is 1.02. The van der Waals surface area contributed by atoms with Crippen molar-refractivity contribution < 1.29 is 9.59 Å². The Morgan fingerprint density at radius 1 is 1.18 bits per heavy atom. The Hall–Kier alpha value is -1.24. The van der Waals surface area contributed by atoms with Crippen molar-refractivity contribution >= 4 is 35.2 Å². The van der Waals surface area contributed by atoms with Crippen molar-refractivity contribution in [3.05, 3.63) is 34.9 Å². The Bertz CT molecular complexity index is 707. The number of benzene rings is 1. The summed E-state index contributed by atoms with van der Waals surface area (Å²) in [5, 5.41) is 0.701. The number of hydrogen-bond acceptors (Lipinski definition) is 4. The monoisotopic (exact) mass is 423 g/mol. The lowest BCUT2D eigenvalue weighted by Gasteiger charge is -2.36. The van der Waals surface area contributed by atoms with Crippen LogP contribution in [0.2, 0.25) is 5.02 Å². The zero-order chi connectivity index (χ0) is 20.3. The molecule has 2 aliphatic rings. The molecule has 1 aromatic carbocycles. The van der Waals surface area contributed by atoms with Gasteiger partial charge in [0.05, 0.1) is 5.25 Å². The molecule has 154 valence electrons. The van der Waals surface area contributed by atoms with E-state index in [1.165, 1.54) is 0 Å². The Kier molecular flexibility index (Phi) is 7.29. The van der Waals surface area contributed by atoms with Crippen molar-refractivity contribution in [2.24, 2.45) is 5.92 Å². The SMILES string of the molecule is CCC1SC(c2ccccc2Cl)N(CCN2CCN(C(=O)C(C)C)CC2)C1=O. The average molecular weight is 424 g/mol. The molecule has 2 heterocycles. The molecular formula is C21H30ClN3O2S. The summed E-state index contributed by atoms with van der Waals surface area (Å²) in [6.07, 6.45) is 0.830. The highest BCUT2D eigenvalue weighted by Crippen LogP contribution is 2.45. The minimum absolute atomic E-state index is 0.00165. The lowest BCUT2D eigenvalue weighted by molar-refractivity contribution is -0.136. The molecule has 2 unspecified atom stereocenters. The van der Waals surface area contributed by atoms with Crippen molar-refractivity contribution in [1.82, 2.24) is 14.7 Å². The number of hydrogen-bond donors (Lipinski definition) is 0. The van der Waals surface area contributed by atoms with Crippen LogP contribution < -0.4 is 0 Å². The summed E-state index contributed by atoms with van der Waals surface area (Å²) in [7, 11) is 0. The summed E-state index contributed by atoms with van der Waals surface area (Å²) in [4.78, 5) is 31.4. The van der Waals surface area contributed by atoms with Gasteiger partial charge in [-0.3, -0.25) is 14.5 Å². The van der Waals surface area contributed by atoms with Crippen LogP contribution in [0.1, 0.15) is 38.1 Å². The van der Waals surface area contributed by atoms with Gasteiger partial charge >= 0.3 is 0 Å². The summed E-state index contributed by atoms with van der Waals surface area (Å²) >= 11 is 8.14. The molecule has 2 atom stereocenters. The zero-order valence-corrected chi connectivity index (χ0v) is 18.5. The predicted molar refractivity (Wildman–Crippen MR) is 115 cm³/mol. The lowest BCUT2D eigenvalue weighted by Crippen LogP contribution is -2.51. The third-order valence-electron chi connectivity index (χ3n) is 5.51. The van der Waals surface area contributed by atoms with Gasteiger partial charge in [-0.1, -0.05) is 50.6 Å². The maximum absolute atomic E-state index is 12.9. The van der Waals surface area contributed by atoms with Crippen LogP contribution in [0.25, 0.3) is 0 Å². The number of rotatable bonds is 6. The molecule has 0 aromatic heterocycles. The average Bonchev–Trinajstić information content (AvgIpc) is 3.02. The second kappa shape index (κ2) is 9.51. The summed E-state index contributed by atoms with van der Waals surface area (Å²) in [5.74, 6) is 0.495. The fourth-order valence-corrected chi connectivity index (χ4v) is 5.58. The normalized spacial score (nSPS) is 23.7. The molecule has 5 nitrogen and oxygen atoms in total. The number of carbonyl (C=O) groups excluding carboxylic acids is 2. The van der Waals surface area contributed by atoms with E-state index < -0.39 is 0 Å². The first kappa shape index (κ1) is 21.5. The topological polar surface area (TPSA) is 43.9 Å². The predicted octanol–water partition coefficient (Wildman–Crippen LogP) is 3.49. The minimum atomic E-state index is -0.0186. The summed E-state index contributed by atoms with van der Waals surface area (Å²) in [6, 6.07) is 7.82. The Labute approximate surface area is 177 Å². The van der Waals surface area contributed by atoms with Gasteiger partial charge in [0.25, 0.3) is 0 Å². The maximum atomic E-state index is 12.9. The third kappa shape index (κ3) is 4.66. The lowest BCUT2D eigenvalue weighted by atomic mass is 10.1. The van der Waals surface area contributed by atoms with E-state index in [1.54, 1.807) is 11.8 Å². The van der Waals surface area contributed by atoms with Crippen molar-refractivity contribution in [3.8, 4) is 0 Å². The largest absolute Gasteiger partial charge is 0.340 e. The van der Waals surface area contributed by atoms with Crippen LogP contribution >= 0.6 is 23.4 Å². The van der Waals surface area contributed by atoms with Crippen molar-refractivity contribution in [1.29, 1.82) is 0 Å². The number of halogens is 1. The van der Waals surface area contributed by atoms with E-state index in [1.807, 2.05) is 47.9 Å². The second-order valence-electron chi connectivity index (χ2n) is 7.76. The number of nitrogens with zero attached hydrogens (tertiary/aromatic N) is 3. The van der Waals surface area contributed by atoms with Crippen LogP contribution in [-0.2, 0) is 9.59 Å². The van der Waals surface area contributed by atoms with Crippen LogP contribution in [0.3, 0.4) is 0 Å². The molecule has 7 heteroatoms. The van der Waals surface area contributed by atoms with Crippen LogP contribution in [-0.4, -0.2) is 71.0 Å². The van der Waals surface area contributed by atoms with E-state index in [9.17, 15) is 9.59 Å². The molecule has 2 saturated heterocycles.